The quantitative estimate of drug-likeness (QED) is 0.555. The van der Waals surface area contributed by atoms with Crippen LogP contribution in [-0.4, -0.2) is 43.2 Å². The van der Waals surface area contributed by atoms with Crippen molar-refractivity contribution in [3.05, 3.63) is 0 Å². The molecular weight excluding hydrogens is 200 g/mol. The van der Waals surface area contributed by atoms with Crippen molar-refractivity contribution in [3.8, 4) is 0 Å². The maximum atomic E-state index is 5.63. The van der Waals surface area contributed by atoms with Crippen LogP contribution in [0.3, 0.4) is 0 Å². The number of nitrogens with two attached hydrogens (primary N) is 2. The Morgan fingerprint density at radius 1 is 1.07 bits per heavy atom. The van der Waals surface area contributed by atoms with Crippen molar-refractivity contribution >= 4 is 8.80 Å². The average Bonchev–Trinajstić information content (AvgIpc) is 2.25. The van der Waals surface area contributed by atoms with Crippen LogP contribution in [-0.2, 0) is 13.3 Å². The lowest BCUT2D eigenvalue weighted by atomic mass is 10.1. The Labute approximate surface area is 87.1 Å². The molecule has 0 aliphatic carbocycles. The zero-order valence-corrected chi connectivity index (χ0v) is 10.3. The zero-order chi connectivity index (χ0) is 11.0. The first-order valence-corrected chi connectivity index (χ1v) is 6.66. The maximum Gasteiger partial charge on any atom is 0.500 e. The third-order valence-corrected chi connectivity index (χ3v) is 5.32. The van der Waals surface area contributed by atoms with Gasteiger partial charge in [-0.15, -0.1) is 0 Å². The van der Waals surface area contributed by atoms with Crippen molar-refractivity contribution in [1.29, 1.82) is 0 Å². The van der Waals surface area contributed by atoms with Crippen LogP contribution in [0.2, 0.25) is 6.04 Å². The summed E-state index contributed by atoms with van der Waals surface area (Å²) in [5.41, 5.74) is 11.1. The van der Waals surface area contributed by atoms with E-state index in [1.165, 1.54) is 0 Å². The molecule has 0 fully saturated rings. The fraction of sp³-hybridized carbons (Fsp3) is 1.00. The van der Waals surface area contributed by atoms with Gasteiger partial charge in [0.1, 0.15) is 0 Å². The highest BCUT2D eigenvalue weighted by molar-refractivity contribution is 6.60. The van der Waals surface area contributed by atoms with E-state index in [1.54, 1.807) is 21.3 Å². The molecule has 0 heterocycles. The third-order valence-electron chi connectivity index (χ3n) is 2.38. The van der Waals surface area contributed by atoms with Crippen LogP contribution >= 0.6 is 0 Å². The first-order chi connectivity index (χ1) is 6.67. The van der Waals surface area contributed by atoms with Crippen LogP contribution in [0.4, 0.5) is 0 Å². The fourth-order valence-corrected chi connectivity index (χ4v) is 3.47. The Bertz CT molecular complexity index is 136. The second-order valence-electron chi connectivity index (χ2n) is 3.18. The summed E-state index contributed by atoms with van der Waals surface area (Å²) in [4.78, 5) is 0. The smallest absolute Gasteiger partial charge is 0.377 e. The number of rotatable bonds is 8. The average molecular weight is 222 g/mol. The molecule has 14 heavy (non-hydrogen) atoms. The monoisotopic (exact) mass is 222 g/mol. The number of hydrogen-bond donors (Lipinski definition) is 2. The molecule has 86 valence electrons. The van der Waals surface area contributed by atoms with Crippen molar-refractivity contribution in [2.75, 3.05) is 34.4 Å². The lowest BCUT2D eigenvalue weighted by Crippen LogP contribution is -2.45. The molecule has 0 aromatic rings. The van der Waals surface area contributed by atoms with E-state index in [2.05, 4.69) is 0 Å². The van der Waals surface area contributed by atoms with E-state index in [4.69, 9.17) is 24.7 Å². The van der Waals surface area contributed by atoms with Crippen molar-refractivity contribution in [3.63, 3.8) is 0 Å². The van der Waals surface area contributed by atoms with E-state index in [1.807, 2.05) is 0 Å². The molecular formula is C8H22N2O3Si. The van der Waals surface area contributed by atoms with Crippen LogP contribution in [0.5, 0.6) is 0 Å². The van der Waals surface area contributed by atoms with Gasteiger partial charge >= 0.3 is 8.80 Å². The third kappa shape index (κ3) is 4.03. The molecule has 5 nitrogen and oxygen atoms in total. The van der Waals surface area contributed by atoms with E-state index in [9.17, 15) is 0 Å². The standard InChI is InChI=1S/C8H22N2O3Si/c1-11-14(12-2,13-3)7-8(6-10)4-5-9/h8H,4-7,9-10H2,1-3H3/t8-/m1/s1. The molecule has 4 N–H and O–H groups in total. The van der Waals surface area contributed by atoms with Gasteiger partial charge < -0.3 is 24.7 Å². The summed E-state index contributed by atoms with van der Waals surface area (Å²) in [7, 11) is 2.34. The Morgan fingerprint density at radius 3 is 1.86 bits per heavy atom. The molecule has 0 amide bonds. The van der Waals surface area contributed by atoms with Gasteiger partial charge in [0.15, 0.2) is 0 Å². The summed E-state index contributed by atoms with van der Waals surface area (Å²) in [5.74, 6) is 0.312. The maximum absolute atomic E-state index is 5.63. The van der Waals surface area contributed by atoms with Gasteiger partial charge in [0, 0.05) is 27.4 Å². The van der Waals surface area contributed by atoms with Crippen molar-refractivity contribution in [1.82, 2.24) is 0 Å². The second-order valence-corrected chi connectivity index (χ2v) is 6.18. The Hall–Kier alpha value is 0.0169. The van der Waals surface area contributed by atoms with Crippen LogP contribution in [0.25, 0.3) is 0 Å². The molecule has 0 spiro atoms. The molecule has 0 unspecified atom stereocenters. The molecule has 6 heteroatoms. The van der Waals surface area contributed by atoms with E-state index in [0.29, 0.717) is 19.0 Å². The van der Waals surface area contributed by atoms with Crippen LogP contribution in [0.1, 0.15) is 6.42 Å². The molecule has 0 saturated carbocycles. The molecule has 0 saturated heterocycles. The first kappa shape index (κ1) is 14.0. The highest BCUT2D eigenvalue weighted by Crippen LogP contribution is 2.20. The predicted octanol–water partition coefficient (Wildman–Crippen LogP) is -0.212. The number of hydrogen-bond acceptors (Lipinski definition) is 5. The summed E-state index contributed by atoms with van der Waals surface area (Å²) in [5, 5.41) is 0. The van der Waals surface area contributed by atoms with E-state index in [-0.39, 0.29) is 0 Å². The van der Waals surface area contributed by atoms with Gasteiger partial charge in [-0.3, -0.25) is 0 Å². The summed E-state index contributed by atoms with van der Waals surface area (Å²) in [6, 6.07) is 0.726. The van der Waals surface area contributed by atoms with Crippen molar-refractivity contribution < 1.29 is 13.3 Å². The van der Waals surface area contributed by atoms with Gasteiger partial charge in [-0.2, -0.15) is 0 Å². The summed E-state index contributed by atoms with van der Waals surface area (Å²) in [6.07, 6.45) is 0.876. The minimum Gasteiger partial charge on any atom is -0.377 e. The highest BCUT2D eigenvalue weighted by Gasteiger charge is 2.39. The van der Waals surface area contributed by atoms with Crippen LogP contribution in [0.15, 0.2) is 0 Å². The van der Waals surface area contributed by atoms with Crippen LogP contribution < -0.4 is 11.5 Å². The normalized spacial score (nSPS) is 14.4. The van der Waals surface area contributed by atoms with Gasteiger partial charge in [0.2, 0.25) is 0 Å². The van der Waals surface area contributed by atoms with E-state index >= 15 is 0 Å². The summed E-state index contributed by atoms with van der Waals surface area (Å²) in [6.45, 7) is 1.21. The first-order valence-electron chi connectivity index (χ1n) is 4.73. The lowest BCUT2D eigenvalue weighted by molar-refractivity contribution is 0.118. The topological polar surface area (TPSA) is 79.7 Å². The molecule has 0 bridgehead atoms. The fourth-order valence-electron chi connectivity index (χ4n) is 1.39. The van der Waals surface area contributed by atoms with Gasteiger partial charge in [-0.25, -0.2) is 0 Å². The second kappa shape index (κ2) is 7.33. The van der Waals surface area contributed by atoms with Gasteiger partial charge in [0.25, 0.3) is 0 Å². The van der Waals surface area contributed by atoms with Gasteiger partial charge in [-0.1, -0.05) is 0 Å². The van der Waals surface area contributed by atoms with Gasteiger partial charge in [0.05, 0.1) is 0 Å². The molecule has 0 aromatic carbocycles. The molecule has 0 radical (unpaired) electrons. The van der Waals surface area contributed by atoms with Crippen molar-refractivity contribution in [2.45, 2.75) is 12.5 Å². The molecule has 1 atom stereocenters. The SMILES string of the molecule is CO[Si](C[C@@H](CN)CCN)(OC)OC. The minimum atomic E-state index is -2.47. The molecule has 0 aromatic heterocycles. The van der Waals surface area contributed by atoms with Crippen LogP contribution in [0, 0.1) is 5.92 Å². The zero-order valence-electron chi connectivity index (χ0n) is 9.29. The molecule has 0 aliphatic rings. The predicted molar refractivity (Wildman–Crippen MR) is 57.8 cm³/mol. The highest BCUT2D eigenvalue weighted by atomic mass is 28.4. The van der Waals surface area contributed by atoms with Gasteiger partial charge in [-0.05, 0) is 25.4 Å². The largest absolute Gasteiger partial charge is 0.500 e. The minimum absolute atomic E-state index is 0.312. The lowest BCUT2D eigenvalue weighted by Gasteiger charge is -2.27. The Morgan fingerprint density at radius 2 is 1.57 bits per heavy atom. The molecule has 0 rings (SSSR count). The van der Waals surface area contributed by atoms with Crippen molar-refractivity contribution in [2.24, 2.45) is 17.4 Å². The summed E-state index contributed by atoms with van der Waals surface area (Å²) < 4.78 is 15.9. The van der Waals surface area contributed by atoms with E-state index < -0.39 is 8.80 Å². The summed E-state index contributed by atoms with van der Waals surface area (Å²) >= 11 is 0. The Kier molecular flexibility index (Phi) is 7.34. The Balaban J connectivity index is 4.24. The molecule has 0 aliphatic heterocycles. The van der Waals surface area contributed by atoms with E-state index in [0.717, 1.165) is 12.5 Å².